The molecule has 2 N–H and O–H groups in total. The fourth-order valence-electron chi connectivity index (χ4n) is 3.34. The van der Waals surface area contributed by atoms with Gasteiger partial charge in [0.05, 0.1) is 0 Å². The second kappa shape index (κ2) is 5.68. The molecule has 0 saturated carbocycles. The van der Waals surface area contributed by atoms with Crippen molar-refractivity contribution in [1.82, 2.24) is 9.80 Å². The van der Waals surface area contributed by atoms with Crippen LogP contribution in [0.1, 0.15) is 40.0 Å². The lowest BCUT2D eigenvalue weighted by molar-refractivity contribution is 0.124. The summed E-state index contributed by atoms with van der Waals surface area (Å²) in [5, 5.41) is 0. The van der Waals surface area contributed by atoms with Crippen LogP contribution in [0.15, 0.2) is 0 Å². The van der Waals surface area contributed by atoms with Crippen molar-refractivity contribution in [1.29, 1.82) is 0 Å². The van der Waals surface area contributed by atoms with Gasteiger partial charge < -0.3 is 15.5 Å². The molecule has 0 amide bonds. The van der Waals surface area contributed by atoms with Gasteiger partial charge in [-0.25, -0.2) is 0 Å². The van der Waals surface area contributed by atoms with E-state index in [-0.39, 0.29) is 0 Å². The minimum Gasteiger partial charge on any atom is -0.328 e. The average molecular weight is 239 g/mol. The van der Waals surface area contributed by atoms with Crippen molar-refractivity contribution in [2.45, 2.75) is 58.2 Å². The molecule has 0 aromatic rings. The molecule has 3 nitrogen and oxygen atoms in total. The third kappa shape index (κ3) is 3.43. The van der Waals surface area contributed by atoms with Crippen LogP contribution in [0.4, 0.5) is 0 Å². The first kappa shape index (κ1) is 13.3. The fraction of sp³-hybridized carbons (Fsp3) is 1.00. The largest absolute Gasteiger partial charge is 0.328 e. The van der Waals surface area contributed by atoms with Crippen LogP contribution in [0.5, 0.6) is 0 Å². The highest BCUT2D eigenvalue weighted by Gasteiger charge is 2.29. The zero-order valence-corrected chi connectivity index (χ0v) is 11.7. The molecule has 2 aliphatic rings. The Morgan fingerprint density at radius 3 is 2.59 bits per heavy atom. The summed E-state index contributed by atoms with van der Waals surface area (Å²) in [6.45, 7) is 12.1. The molecule has 0 aromatic heterocycles. The summed E-state index contributed by atoms with van der Waals surface area (Å²) < 4.78 is 0. The molecule has 2 saturated heterocycles. The van der Waals surface area contributed by atoms with E-state index in [9.17, 15) is 0 Å². The molecule has 0 bridgehead atoms. The van der Waals surface area contributed by atoms with Crippen LogP contribution < -0.4 is 5.73 Å². The summed E-state index contributed by atoms with van der Waals surface area (Å²) in [5.41, 5.74) is 6.02. The quantitative estimate of drug-likeness (QED) is 0.810. The fourth-order valence-corrected chi connectivity index (χ4v) is 3.34. The summed E-state index contributed by atoms with van der Waals surface area (Å²) in [6.07, 6.45) is 3.75. The van der Waals surface area contributed by atoms with Crippen LogP contribution in [-0.2, 0) is 0 Å². The number of nitrogens with zero attached hydrogens (tertiary/aromatic N) is 2. The first-order valence-corrected chi connectivity index (χ1v) is 7.30. The first-order valence-electron chi connectivity index (χ1n) is 7.30. The zero-order valence-electron chi connectivity index (χ0n) is 11.7. The first-order chi connectivity index (χ1) is 8.06. The number of hydrogen-bond acceptors (Lipinski definition) is 3. The van der Waals surface area contributed by atoms with Gasteiger partial charge in [-0.1, -0.05) is 0 Å². The Bertz CT molecular complexity index is 242. The molecule has 2 fully saturated rings. The van der Waals surface area contributed by atoms with E-state index in [1.165, 1.54) is 45.4 Å². The van der Waals surface area contributed by atoms with E-state index in [1.807, 2.05) is 0 Å². The van der Waals surface area contributed by atoms with Crippen LogP contribution in [0.25, 0.3) is 0 Å². The molecule has 17 heavy (non-hydrogen) atoms. The predicted octanol–water partition coefficient (Wildman–Crippen LogP) is 1.53. The molecule has 3 atom stereocenters. The van der Waals surface area contributed by atoms with E-state index in [4.69, 9.17) is 5.73 Å². The Kier molecular flexibility index (Phi) is 4.45. The summed E-state index contributed by atoms with van der Waals surface area (Å²) in [4.78, 5) is 5.28. The minimum atomic E-state index is 0.442. The predicted molar refractivity (Wildman–Crippen MR) is 73.1 cm³/mol. The maximum atomic E-state index is 6.02. The van der Waals surface area contributed by atoms with Gasteiger partial charge in [0, 0.05) is 31.2 Å². The lowest BCUT2D eigenvalue weighted by Crippen LogP contribution is -2.47. The number of nitrogens with two attached hydrogens (primary N) is 1. The van der Waals surface area contributed by atoms with Crippen molar-refractivity contribution in [2.24, 2.45) is 11.7 Å². The summed E-state index contributed by atoms with van der Waals surface area (Å²) in [7, 11) is 0. The van der Waals surface area contributed by atoms with Crippen molar-refractivity contribution in [3.05, 3.63) is 0 Å². The van der Waals surface area contributed by atoms with Crippen molar-refractivity contribution >= 4 is 0 Å². The average Bonchev–Trinajstić information content (AvgIpc) is 2.71. The summed E-state index contributed by atoms with van der Waals surface area (Å²) in [6, 6.07) is 1.84. The van der Waals surface area contributed by atoms with Gasteiger partial charge in [-0.3, -0.25) is 0 Å². The van der Waals surface area contributed by atoms with Crippen molar-refractivity contribution < 1.29 is 0 Å². The van der Waals surface area contributed by atoms with Crippen LogP contribution >= 0.6 is 0 Å². The van der Waals surface area contributed by atoms with Crippen LogP contribution in [0.2, 0.25) is 0 Å². The van der Waals surface area contributed by atoms with Gasteiger partial charge in [0.2, 0.25) is 0 Å². The smallest absolute Gasteiger partial charge is 0.00818 e. The van der Waals surface area contributed by atoms with Crippen molar-refractivity contribution in [3.63, 3.8) is 0 Å². The van der Waals surface area contributed by atoms with Crippen molar-refractivity contribution in [2.75, 3.05) is 26.2 Å². The molecule has 100 valence electrons. The number of likely N-dealkylation sites (tertiary alicyclic amines) is 2. The highest BCUT2D eigenvalue weighted by atomic mass is 15.2. The van der Waals surface area contributed by atoms with Crippen molar-refractivity contribution in [3.8, 4) is 0 Å². The normalized spacial score (nSPS) is 36.9. The van der Waals surface area contributed by atoms with E-state index < -0.39 is 0 Å². The van der Waals surface area contributed by atoms with Gasteiger partial charge in [0.1, 0.15) is 0 Å². The Morgan fingerprint density at radius 1 is 1.24 bits per heavy atom. The van der Waals surface area contributed by atoms with Crippen LogP contribution in [0, 0.1) is 5.92 Å². The van der Waals surface area contributed by atoms with Crippen LogP contribution in [0.3, 0.4) is 0 Å². The maximum Gasteiger partial charge on any atom is 0.00818 e. The number of hydrogen-bond donors (Lipinski definition) is 1. The molecule has 0 radical (unpaired) electrons. The standard InChI is InChI=1S/C14H29N3/c1-11(2)16-6-4-13(9-16)10-17-7-5-14(15)8-12(17)3/h11-14H,4-10,15H2,1-3H3. The molecule has 3 heteroatoms. The molecule has 0 spiro atoms. The molecule has 2 aliphatic heterocycles. The minimum absolute atomic E-state index is 0.442. The maximum absolute atomic E-state index is 6.02. The Hall–Kier alpha value is -0.120. The molecule has 0 aromatic carbocycles. The highest BCUT2D eigenvalue weighted by molar-refractivity contribution is 4.85. The Balaban J connectivity index is 1.78. The zero-order chi connectivity index (χ0) is 12.4. The van der Waals surface area contributed by atoms with Gasteiger partial charge >= 0.3 is 0 Å². The molecule has 3 unspecified atom stereocenters. The van der Waals surface area contributed by atoms with E-state index in [0.29, 0.717) is 18.1 Å². The van der Waals surface area contributed by atoms with Gasteiger partial charge in [-0.05, 0) is 59.0 Å². The summed E-state index contributed by atoms with van der Waals surface area (Å²) in [5.74, 6) is 0.883. The molecular weight excluding hydrogens is 210 g/mol. The Morgan fingerprint density at radius 2 is 2.00 bits per heavy atom. The topological polar surface area (TPSA) is 32.5 Å². The SMILES string of the molecule is CC(C)N1CCC(CN2CCC(N)CC2C)C1. The van der Waals surface area contributed by atoms with Crippen LogP contribution in [-0.4, -0.2) is 54.1 Å². The van der Waals surface area contributed by atoms with E-state index in [1.54, 1.807) is 0 Å². The van der Waals surface area contributed by atoms with Gasteiger partial charge in [-0.15, -0.1) is 0 Å². The van der Waals surface area contributed by atoms with E-state index in [2.05, 4.69) is 30.6 Å². The third-order valence-electron chi connectivity index (χ3n) is 4.59. The molecule has 0 aliphatic carbocycles. The van der Waals surface area contributed by atoms with E-state index in [0.717, 1.165) is 5.92 Å². The van der Waals surface area contributed by atoms with Gasteiger partial charge in [0.15, 0.2) is 0 Å². The highest BCUT2D eigenvalue weighted by Crippen LogP contribution is 2.23. The molecule has 2 heterocycles. The number of rotatable bonds is 3. The molecule has 2 rings (SSSR count). The lowest BCUT2D eigenvalue weighted by Gasteiger charge is -2.37. The second-order valence-electron chi connectivity index (χ2n) is 6.37. The Labute approximate surface area is 106 Å². The van der Waals surface area contributed by atoms with Gasteiger partial charge in [0.25, 0.3) is 0 Å². The van der Waals surface area contributed by atoms with Gasteiger partial charge in [-0.2, -0.15) is 0 Å². The van der Waals surface area contributed by atoms with E-state index >= 15 is 0 Å². The third-order valence-corrected chi connectivity index (χ3v) is 4.59. The summed E-state index contributed by atoms with van der Waals surface area (Å²) >= 11 is 0. The lowest BCUT2D eigenvalue weighted by atomic mass is 9.97. The molecular formula is C14H29N3. The monoisotopic (exact) mass is 239 g/mol. The number of piperidine rings is 1. The second-order valence-corrected chi connectivity index (χ2v) is 6.37.